The SMILES string of the molecule is O=C(NCc1ccc(C#CCCO)cc1)c1sccc1Cl. The van der Waals surface area contributed by atoms with Crippen molar-refractivity contribution in [2.45, 2.75) is 13.0 Å². The highest BCUT2D eigenvalue weighted by molar-refractivity contribution is 7.12. The molecule has 21 heavy (non-hydrogen) atoms. The largest absolute Gasteiger partial charge is 0.395 e. The second-order valence-corrected chi connectivity index (χ2v) is 5.58. The summed E-state index contributed by atoms with van der Waals surface area (Å²) in [6.45, 7) is 0.514. The fraction of sp³-hybridized carbons (Fsp3) is 0.188. The van der Waals surface area contributed by atoms with Crippen LogP contribution in [0.15, 0.2) is 35.7 Å². The second-order valence-electron chi connectivity index (χ2n) is 4.25. The topological polar surface area (TPSA) is 49.3 Å². The maximum absolute atomic E-state index is 11.9. The van der Waals surface area contributed by atoms with Crippen molar-refractivity contribution in [1.82, 2.24) is 5.32 Å². The summed E-state index contributed by atoms with van der Waals surface area (Å²) in [6, 6.07) is 9.33. The van der Waals surface area contributed by atoms with Gasteiger partial charge in [-0.1, -0.05) is 35.6 Å². The molecule has 0 unspecified atom stereocenters. The Kier molecular flexibility index (Phi) is 5.82. The summed E-state index contributed by atoms with van der Waals surface area (Å²) in [6.07, 6.45) is 0.472. The van der Waals surface area contributed by atoms with Crippen LogP contribution in [0.1, 0.15) is 27.2 Å². The van der Waals surface area contributed by atoms with Crippen molar-refractivity contribution in [2.24, 2.45) is 0 Å². The molecule has 2 aromatic rings. The van der Waals surface area contributed by atoms with Crippen molar-refractivity contribution in [3.63, 3.8) is 0 Å². The average molecular weight is 320 g/mol. The second kappa shape index (κ2) is 7.84. The van der Waals surface area contributed by atoms with E-state index in [0.717, 1.165) is 11.1 Å². The summed E-state index contributed by atoms with van der Waals surface area (Å²) in [5.74, 6) is 5.65. The molecule has 2 rings (SSSR count). The highest BCUT2D eigenvalue weighted by Crippen LogP contribution is 2.21. The van der Waals surface area contributed by atoms with Gasteiger partial charge in [-0.3, -0.25) is 4.79 Å². The number of nitrogens with one attached hydrogen (secondary N) is 1. The van der Waals surface area contributed by atoms with Gasteiger partial charge in [0.05, 0.1) is 11.6 Å². The number of amides is 1. The van der Waals surface area contributed by atoms with Gasteiger partial charge < -0.3 is 10.4 Å². The van der Waals surface area contributed by atoms with E-state index in [0.29, 0.717) is 22.9 Å². The third-order valence-electron chi connectivity index (χ3n) is 2.70. The summed E-state index contributed by atoms with van der Waals surface area (Å²) >= 11 is 7.24. The third-order valence-corrected chi connectivity index (χ3v) is 4.04. The minimum Gasteiger partial charge on any atom is -0.395 e. The van der Waals surface area contributed by atoms with E-state index in [1.165, 1.54) is 11.3 Å². The molecule has 1 heterocycles. The first-order chi connectivity index (χ1) is 10.2. The fourth-order valence-corrected chi connectivity index (χ4v) is 2.70. The van der Waals surface area contributed by atoms with Gasteiger partial charge in [-0.15, -0.1) is 11.3 Å². The molecule has 3 nitrogen and oxygen atoms in total. The van der Waals surface area contributed by atoms with Crippen LogP contribution in [0.4, 0.5) is 0 Å². The molecule has 0 aliphatic carbocycles. The minimum atomic E-state index is -0.165. The summed E-state index contributed by atoms with van der Waals surface area (Å²) in [7, 11) is 0. The zero-order valence-electron chi connectivity index (χ0n) is 11.2. The Morgan fingerprint density at radius 2 is 2.05 bits per heavy atom. The van der Waals surface area contributed by atoms with Crippen LogP contribution in [0.25, 0.3) is 0 Å². The molecule has 0 bridgehead atoms. The zero-order valence-corrected chi connectivity index (χ0v) is 12.8. The molecule has 1 amide bonds. The Hall–Kier alpha value is -1.80. The molecule has 108 valence electrons. The lowest BCUT2D eigenvalue weighted by molar-refractivity contribution is 0.0955. The Morgan fingerprint density at radius 1 is 1.29 bits per heavy atom. The average Bonchev–Trinajstić information content (AvgIpc) is 2.92. The van der Waals surface area contributed by atoms with Gasteiger partial charge in [0.25, 0.3) is 5.91 Å². The van der Waals surface area contributed by atoms with Gasteiger partial charge in [-0.05, 0) is 29.1 Å². The molecule has 0 saturated heterocycles. The summed E-state index contributed by atoms with van der Waals surface area (Å²) < 4.78 is 0. The lowest BCUT2D eigenvalue weighted by Crippen LogP contribution is -2.22. The molecular formula is C16H14ClNO2S. The summed E-state index contributed by atoms with van der Waals surface area (Å²) in [4.78, 5) is 12.4. The van der Waals surface area contributed by atoms with Gasteiger partial charge in [-0.2, -0.15) is 0 Å². The number of thiophene rings is 1. The maximum Gasteiger partial charge on any atom is 0.263 e. The Morgan fingerprint density at radius 3 is 2.67 bits per heavy atom. The molecule has 0 radical (unpaired) electrons. The van der Waals surface area contributed by atoms with E-state index in [2.05, 4.69) is 17.2 Å². The monoisotopic (exact) mass is 319 g/mol. The van der Waals surface area contributed by atoms with Crippen LogP contribution in [0, 0.1) is 11.8 Å². The zero-order chi connectivity index (χ0) is 15.1. The molecule has 5 heteroatoms. The first-order valence-corrected chi connectivity index (χ1v) is 7.66. The van der Waals surface area contributed by atoms with E-state index in [-0.39, 0.29) is 12.5 Å². The van der Waals surface area contributed by atoms with Crippen molar-refractivity contribution < 1.29 is 9.90 Å². The number of hydrogen-bond donors (Lipinski definition) is 2. The normalized spacial score (nSPS) is 9.81. The molecule has 0 aliphatic heterocycles. The van der Waals surface area contributed by atoms with Gasteiger partial charge in [0.15, 0.2) is 0 Å². The van der Waals surface area contributed by atoms with Crippen molar-refractivity contribution in [3.8, 4) is 11.8 Å². The molecule has 0 spiro atoms. The van der Waals surface area contributed by atoms with Crippen molar-refractivity contribution in [3.05, 3.63) is 56.7 Å². The Bertz CT molecular complexity index is 668. The molecule has 0 fully saturated rings. The van der Waals surface area contributed by atoms with E-state index < -0.39 is 0 Å². The van der Waals surface area contributed by atoms with Crippen LogP contribution in [0.3, 0.4) is 0 Å². The van der Waals surface area contributed by atoms with Crippen molar-refractivity contribution >= 4 is 28.8 Å². The molecular weight excluding hydrogens is 306 g/mol. The predicted molar refractivity (Wildman–Crippen MR) is 85.5 cm³/mol. The Labute approximate surface area is 132 Å². The van der Waals surface area contributed by atoms with E-state index in [1.54, 1.807) is 11.4 Å². The van der Waals surface area contributed by atoms with Gasteiger partial charge in [0, 0.05) is 18.5 Å². The first kappa shape index (κ1) is 15.6. The Balaban J connectivity index is 1.91. The maximum atomic E-state index is 11.9. The van der Waals surface area contributed by atoms with Gasteiger partial charge in [-0.25, -0.2) is 0 Å². The number of hydrogen-bond acceptors (Lipinski definition) is 3. The molecule has 1 aromatic heterocycles. The standard InChI is InChI=1S/C16H14ClNO2S/c17-14-8-10-21-15(14)16(20)18-11-13-6-4-12(5-7-13)3-1-2-9-19/h4-8,10,19H,2,9,11H2,(H,18,20). The quantitative estimate of drug-likeness (QED) is 0.851. The van der Waals surface area contributed by atoms with Crippen LogP contribution in [-0.4, -0.2) is 17.6 Å². The predicted octanol–water partition coefficient (Wildman–Crippen LogP) is 3.07. The van der Waals surface area contributed by atoms with Crippen molar-refractivity contribution in [2.75, 3.05) is 6.61 Å². The molecule has 0 atom stereocenters. The van der Waals surface area contributed by atoms with Crippen LogP contribution < -0.4 is 5.32 Å². The number of carbonyl (C=O) groups excluding carboxylic acids is 1. The third kappa shape index (κ3) is 4.61. The smallest absolute Gasteiger partial charge is 0.263 e. The molecule has 2 N–H and O–H groups in total. The number of aliphatic hydroxyl groups is 1. The summed E-state index contributed by atoms with van der Waals surface area (Å²) in [5.41, 5.74) is 1.88. The van der Waals surface area contributed by atoms with E-state index >= 15 is 0 Å². The van der Waals surface area contributed by atoms with Gasteiger partial charge in [0.2, 0.25) is 0 Å². The van der Waals surface area contributed by atoms with Crippen LogP contribution in [0.2, 0.25) is 5.02 Å². The number of rotatable bonds is 4. The van der Waals surface area contributed by atoms with E-state index in [4.69, 9.17) is 16.7 Å². The number of aliphatic hydroxyl groups excluding tert-OH is 1. The number of benzene rings is 1. The van der Waals surface area contributed by atoms with Gasteiger partial charge in [0.1, 0.15) is 4.88 Å². The minimum absolute atomic E-state index is 0.0718. The molecule has 0 saturated carbocycles. The number of carbonyl (C=O) groups is 1. The highest BCUT2D eigenvalue weighted by Gasteiger charge is 2.10. The van der Waals surface area contributed by atoms with Crippen LogP contribution >= 0.6 is 22.9 Å². The lowest BCUT2D eigenvalue weighted by atomic mass is 10.1. The van der Waals surface area contributed by atoms with Crippen LogP contribution in [-0.2, 0) is 6.54 Å². The lowest BCUT2D eigenvalue weighted by Gasteiger charge is -2.04. The molecule has 1 aromatic carbocycles. The summed E-state index contributed by atoms with van der Waals surface area (Å²) in [5, 5.41) is 13.8. The van der Waals surface area contributed by atoms with Gasteiger partial charge >= 0.3 is 0 Å². The van der Waals surface area contributed by atoms with E-state index in [1.807, 2.05) is 24.3 Å². The van der Waals surface area contributed by atoms with E-state index in [9.17, 15) is 4.79 Å². The molecule has 0 aliphatic rings. The number of halogens is 1. The fourth-order valence-electron chi connectivity index (χ4n) is 1.64. The highest BCUT2D eigenvalue weighted by atomic mass is 35.5. The van der Waals surface area contributed by atoms with Crippen LogP contribution in [0.5, 0.6) is 0 Å². The van der Waals surface area contributed by atoms with Crippen molar-refractivity contribution in [1.29, 1.82) is 0 Å². The first-order valence-electron chi connectivity index (χ1n) is 6.40.